The number of anilines is 1. The highest BCUT2D eigenvalue weighted by Gasteiger charge is 2.20. The van der Waals surface area contributed by atoms with Crippen LogP contribution in [0, 0.1) is 25.2 Å². The van der Waals surface area contributed by atoms with E-state index in [1.165, 1.54) is 6.08 Å². The van der Waals surface area contributed by atoms with Crippen molar-refractivity contribution in [1.82, 2.24) is 4.57 Å². The van der Waals surface area contributed by atoms with Gasteiger partial charge in [0.25, 0.3) is 5.91 Å². The molecule has 6 nitrogen and oxygen atoms in total. The van der Waals surface area contributed by atoms with E-state index in [4.69, 9.17) is 4.74 Å². The average Bonchev–Trinajstić information content (AvgIpc) is 3.01. The van der Waals surface area contributed by atoms with Crippen LogP contribution in [0.3, 0.4) is 0 Å². The SMILES string of the molecule is Cc1c(C#N)c(NC(=O)COC(=O)/C=C/c2ccccc2)n(-c2ccccc2)c1C. The van der Waals surface area contributed by atoms with Crippen molar-refractivity contribution in [3.05, 3.63) is 89.1 Å². The molecular formula is C24H21N3O3. The number of nitrogens with one attached hydrogen (secondary N) is 1. The highest BCUT2D eigenvalue weighted by atomic mass is 16.5. The fourth-order valence-corrected chi connectivity index (χ4v) is 3.04. The fraction of sp³-hybridized carbons (Fsp3) is 0.125. The van der Waals surface area contributed by atoms with Crippen LogP contribution in [0.25, 0.3) is 11.8 Å². The second-order valence-corrected chi connectivity index (χ2v) is 6.62. The Morgan fingerprint density at radius 1 is 1.07 bits per heavy atom. The molecule has 0 spiro atoms. The van der Waals surface area contributed by atoms with Crippen molar-refractivity contribution in [2.24, 2.45) is 0 Å². The summed E-state index contributed by atoms with van der Waals surface area (Å²) in [7, 11) is 0. The molecule has 1 N–H and O–H groups in total. The minimum Gasteiger partial charge on any atom is -0.452 e. The fourth-order valence-electron chi connectivity index (χ4n) is 3.04. The third-order valence-corrected chi connectivity index (χ3v) is 4.65. The molecular weight excluding hydrogens is 378 g/mol. The Morgan fingerprint density at radius 3 is 2.33 bits per heavy atom. The highest BCUT2D eigenvalue weighted by Crippen LogP contribution is 2.29. The number of rotatable bonds is 6. The zero-order valence-corrected chi connectivity index (χ0v) is 16.8. The van der Waals surface area contributed by atoms with E-state index < -0.39 is 18.5 Å². The predicted molar refractivity (Wildman–Crippen MR) is 115 cm³/mol. The topological polar surface area (TPSA) is 84.1 Å². The van der Waals surface area contributed by atoms with Gasteiger partial charge in [0, 0.05) is 17.5 Å². The molecule has 0 aliphatic rings. The van der Waals surface area contributed by atoms with Crippen LogP contribution in [0.1, 0.15) is 22.4 Å². The first-order valence-corrected chi connectivity index (χ1v) is 9.38. The van der Waals surface area contributed by atoms with E-state index in [2.05, 4.69) is 11.4 Å². The maximum atomic E-state index is 12.4. The van der Waals surface area contributed by atoms with Crippen LogP contribution in [-0.4, -0.2) is 23.1 Å². The second-order valence-electron chi connectivity index (χ2n) is 6.62. The number of ether oxygens (including phenoxy) is 1. The number of nitrogens with zero attached hydrogens (tertiary/aromatic N) is 2. The molecule has 0 saturated heterocycles. The lowest BCUT2D eigenvalue weighted by molar-refractivity contribution is -0.142. The molecule has 0 radical (unpaired) electrons. The quantitative estimate of drug-likeness (QED) is 0.498. The zero-order chi connectivity index (χ0) is 21.5. The van der Waals surface area contributed by atoms with Gasteiger partial charge in [-0.1, -0.05) is 48.5 Å². The van der Waals surface area contributed by atoms with Gasteiger partial charge in [-0.15, -0.1) is 0 Å². The van der Waals surface area contributed by atoms with Gasteiger partial charge >= 0.3 is 5.97 Å². The summed E-state index contributed by atoms with van der Waals surface area (Å²) in [5.74, 6) is -0.789. The summed E-state index contributed by atoms with van der Waals surface area (Å²) in [6.45, 7) is 3.26. The van der Waals surface area contributed by atoms with Crippen molar-refractivity contribution >= 4 is 23.8 Å². The summed E-state index contributed by atoms with van der Waals surface area (Å²) >= 11 is 0. The van der Waals surface area contributed by atoms with Gasteiger partial charge in [0.1, 0.15) is 11.9 Å². The standard InChI is InChI=1S/C24H21N3O3/c1-17-18(2)27(20-11-7-4-8-12-20)24(21(17)15-25)26-22(28)16-30-23(29)14-13-19-9-5-3-6-10-19/h3-14H,16H2,1-2H3,(H,26,28)/b14-13+. The van der Waals surface area contributed by atoms with Crippen molar-refractivity contribution in [3.8, 4) is 11.8 Å². The Morgan fingerprint density at radius 2 is 1.70 bits per heavy atom. The van der Waals surface area contributed by atoms with Crippen LogP contribution in [0.5, 0.6) is 0 Å². The maximum absolute atomic E-state index is 12.4. The Bertz CT molecular complexity index is 1120. The van der Waals surface area contributed by atoms with Gasteiger partial charge in [-0.05, 0) is 43.2 Å². The molecule has 150 valence electrons. The molecule has 2 aromatic carbocycles. The lowest BCUT2D eigenvalue weighted by Crippen LogP contribution is -2.22. The van der Waals surface area contributed by atoms with Crippen LogP contribution < -0.4 is 5.32 Å². The molecule has 3 aromatic rings. The number of benzene rings is 2. The van der Waals surface area contributed by atoms with E-state index in [-0.39, 0.29) is 0 Å². The minimum absolute atomic E-state index is 0.361. The van der Waals surface area contributed by atoms with Gasteiger partial charge in [-0.25, -0.2) is 4.79 Å². The molecule has 0 aliphatic heterocycles. The van der Waals surface area contributed by atoms with E-state index in [1.807, 2.05) is 79.1 Å². The zero-order valence-electron chi connectivity index (χ0n) is 16.8. The van der Waals surface area contributed by atoms with Gasteiger partial charge in [0.15, 0.2) is 6.61 Å². The van der Waals surface area contributed by atoms with Gasteiger partial charge in [0.05, 0.1) is 5.56 Å². The number of carbonyl (C=O) groups is 2. The Hall–Kier alpha value is -4.11. The van der Waals surface area contributed by atoms with Crippen LogP contribution in [-0.2, 0) is 14.3 Å². The molecule has 1 aromatic heterocycles. The maximum Gasteiger partial charge on any atom is 0.331 e. The van der Waals surface area contributed by atoms with Crippen LogP contribution >= 0.6 is 0 Å². The number of hydrogen-bond donors (Lipinski definition) is 1. The van der Waals surface area contributed by atoms with Gasteiger partial charge in [-0.3, -0.25) is 9.36 Å². The molecule has 0 fully saturated rings. The smallest absolute Gasteiger partial charge is 0.331 e. The first-order valence-electron chi connectivity index (χ1n) is 9.38. The highest BCUT2D eigenvalue weighted by molar-refractivity contribution is 5.95. The third kappa shape index (κ3) is 4.65. The lowest BCUT2D eigenvalue weighted by atomic mass is 10.2. The summed E-state index contributed by atoms with van der Waals surface area (Å²) < 4.78 is 6.83. The minimum atomic E-state index is -0.625. The van der Waals surface area contributed by atoms with E-state index in [9.17, 15) is 14.9 Å². The summed E-state index contributed by atoms with van der Waals surface area (Å²) in [4.78, 5) is 24.3. The van der Waals surface area contributed by atoms with Crippen LogP contribution in [0.2, 0.25) is 0 Å². The van der Waals surface area contributed by atoms with Crippen molar-refractivity contribution in [2.75, 3.05) is 11.9 Å². The summed E-state index contributed by atoms with van der Waals surface area (Å²) in [6, 6.07) is 20.9. The van der Waals surface area contributed by atoms with E-state index in [0.29, 0.717) is 11.4 Å². The van der Waals surface area contributed by atoms with Gasteiger partial charge in [-0.2, -0.15) is 5.26 Å². The number of aromatic nitrogens is 1. The molecule has 0 atom stereocenters. The van der Waals surface area contributed by atoms with Gasteiger partial charge in [0.2, 0.25) is 0 Å². The molecule has 0 aliphatic carbocycles. The monoisotopic (exact) mass is 399 g/mol. The Kier molecular flexibility index (Phi) is 6.46. The molecule has 1 amide bonds. The normalized spacial score (nSPS) is 10.6. The number of carbonyl (C=O) groups excluding carboxylic acids is 2. The molecule has 1 heterocycles. The van der Waals surface area contributed by atoms with Crippen molar-refractivity contribution < 1.29 is 14.3 Å². The number of esters is 1. The Labute approximate surface area is 175 Å². The second kappa shape index (κ2) is 9.39. The van der Waals surface area contributed by atoms with Crippen molar-refractivity contribution in [2.45, 2.75) is 13.8 Å². The molecule has 0 saturated carbocycles. The largest absolute Gasteiger partial charge is 0.452 e. The number of nitriles is 1. The molecule has 30 heavy (non-hydrogen) atoms. The van der Waals surface area contributed by atoms with E-state index in [0.717, 1.165) is 22.5 Å². The number of para-hydroxylation sites is 1. The first kappa shape index (κ1) is 20.6. The number of amides is 1. The molecule has 3 rings (SSSR count). The van der Waals surface area contributed by atoms with Crippen LogP contribution in [0.4, 0.5) is 5.82 Å². The summed E-state index contributed by atoms with van der Waals surface area (Å²) in [5.41, 5.74) is 3.66. The van der Waals surface area contributed by atoms with Crippen molar-refractivity contribution in [1.29, 1.82) is 5.26 Å². The average molecular weight is 399 g/mol. The molecule has 0 unspecified atom stereocenters. The summed E-state index contributed by atoms with van der Waals surface area (Å²) in [5, 5.41) is 12.3. The third-order valence-electron chi connectivity index (χ3n) is 4.65. The first-order chi connectivity index (χ1) is 14.5. The van der Waals surface area contributed by atoms with Gasteiger partial charge < -0.3 is 10.1 Å². The predicted octanol–water partition coefficient (Wildman–Crippen LogP) is 4.16. The van der Waals surface area contributed by atoms with E-state index >= 15 is 0 Å². The molecule has 0 bridgehead atoms. The Balaban J connectivity index is 1.72. The van der Waals surface area contributed by atoms with Crippen molar-refractivity contribution in [3.63, 3.8) is 0 Å². The lowest BCUT2D eigenvalue weighted by Gasteiger charge is -2.13. The van der Waals surface area contributed by atoms with E-state index in [1.54, 1.807) is 6.08 Å². The summed E-state index contributed by atoms with van der Waals surface area (Å²) in [6.07, 6.45) is 2.88. The molecule has 6 heteroatoms. The number of hydrogen-bond acceptors (Lipinski definition) is 4. The van der Waals surface area contributed by atoms with Crippen LogP contribution in [0.15, 0.2) is 66.7 Å².